The van der Waals surface area contributed by atoms with E-state index in [4.69, 9.17) is 0 Å². The highest BCUT2D eigenvalue weighted by atomic mass is 32.2. The van der Waals surface area contributed by atoms with E-state index in [9.17, 15) is 19.5 Å². The molecule has 242 valence electrons. The van der Waals surface area contributed by atoms with Crippen LogP contribution in [0.3, 0.4) is 0 Å². The smallest absolute Gasteiger partial charge is 0.270 e. The number of nitrogens with one attached hydrogen (secondary N) is 3. The molecule has 0 spiro atoms. The molecule has 3 amide bonds. The van der Waals surface area contributed by atoms with Gasteiger partial charge in [-0.25, -0.2) is 4.98 Å². The summed E-state index contributed by atoms with van der Waals surface area (Å²) >= 11 is 1.36. The van der Waals surface area contributed by atoms with Crippen molar-refractivity contribution in [3.05, 3.63) is 108 Å². The number of rotatable bonds is 13. The first-order chi connectivity index (χ1) is 21.9. The molecule has 8 nitrogen and oxygen atoms in total. The number of hydrogen-bond donors (Lipinski definition) is 4. The molecule has 0 aliphatic carbocycles. The minimum absolute atomic E-state index is 0.179. The van der Waals surface area contributed by atoms with Gasteiger partial charge in [0.25, 0.3) is 11.8 Å². The van der Waals surface area contributed by atoms with Crippen molar-refractivity contribution in [2.24, 2.45) is 5.92 Å². The summed E-state index contributed by atoms with van der Waals surface area (Å²) in [5, 5.41) is 21.4. The Morgan fingerprint density at radius 2 is 1.52 bits per heavy atom. The maximum Gasteiger partial charge on any atom is 0.270 e. The molecule has 1 unspecified atom stereocenters. The average Bonchev–Trinajstić information content (AvgIpc) is 3.04. The molecule has 1 aromatic heterocycles. The normalized spacial score (nSPS) is 14.1. The van der Waals surface area contributed by atoms with Gasteiger partial charge in [-0.3, -0.25) is 14.4 Å². The molecule has 4 atom stereocenters. The monoisotopic (exact) mass is 640 g/mol. The van der Waals surface area contributed by atoms with Gasteiger partial charge in [-0.1, -0.05) is 87.0 Å². The number of fused-ring (bicyclic) bond motifs is 1. The maximum absolute atomic E-state index is 13.9. The molecule has 0 bridgehead atoms. The van der Waals surface area contributed by atoms with Crippen molar-refractivity contribution < 1.29 is 19.5 Å². The first-order valence-electron chi connectivity index (χ1n) is 15.7. The zero-order valence-electron chi connectivity index (χ0n) is 27.1. The van der Waals surface area contributed by atoms with E-state index in [0.717, 1.165) is 15.8 Å². The summed E-state index contributed by atoms with van der Waals surface area (Å²) in [5.41, 5.74) is 2.00. The quantitative estimate of drug-likeness (QED) is 0.137. The van der Waals surface area contributed by atoms with Crippen LogP contribution in [0.25, 0.3) is 10.9 Å². The van der Waals surface area contributed by atoms with E-state index in [1.807, 2.05) is 113 Å². The van der Waals surface area contributed by atoms with Crippen LogP contribution in [0.4, 0.5) is 0 Å². The Morgan fingerprint density at radius 3 is 2.24 bits per heavy atom. The minimum atomic E-state index is -0.955. The van der Waals surface area contributed by atoms with Gasteiger partial charge in [0.2, 0.25) is 5.91 Å². The molecule has 3 aromatic carbocycles. The number of hydrogen-bond acceptors (Lipinski definition) is 6. The summed E-state index contributed by atoms with van der Waals surface area (Å²) in [6, 6.07) is 26.5. The number of amides is 3. The van der Waals surface area contributed by atoms with Gasteiger partial charge in [0.1, 0.15) is 11.7 Å². The summed E-state index contributed by atoms with van der Waals surface area (Å²) in [6.07, 6.45) is 0.0790. The van der Waals surface area contributed by atoms with Gasteiger partial charge in [-0.05, 0) is 62.9 Å². The van der Waals surface area contributed by atoms with Gasteiger partial charge >= 0.3 is 0 Å². The third-order valence-electron chi connectivity index (χ3n) is 7.73. The van der Waals surface area contributed by atoms with E-state index in [2.05, 4.69) is 20.9 Å². The number of para-hydroxylation sites is 1. The van der Waals surface area contributed by atoms with Gasteiger partial charge in [-0.15, -0.1) is 11.8 Å². The number of aromatic nitrogens is 1. The zero-order chi connectivity index (χ0) is 33.3. The van der Waals surface area contributed by atoms with Crippen LogP contribution in [0.5, 0.6) is 0 Å². The van der Waals surface area contributed by atoms with Crippen LogP contribution in [-0.4, -0.2) is 57.3 Å². The van der Waals surface area contributed by atoms with Gasteiger partial charge < -0.3 is 21.1 Å². The third-order valence-corrected chi connectivity index (χ3v) is 8.91. The van der Waals surface area contributed by atoms with Crippen LogP contribution in [0, 0.1) is 5.92 Å². The summed E-state index contributed by atoms with van der Waals surface area (Å²) < 4.78 is 0. The van der Waals surface area contributed by atoms with Crippen LogP contribution in [0.15, 0.2) is 95.9 Å². The molecule has 0 aliphatic heterocycles. The molecule has 0 radical (unpaired) electrons. The number of thioether (sulfide) groups is 1. The SMILES string of the molecule is CCC(C)[C@H](NC(=O)c1ccc2ccccc2n1)C(=O)N[C@@H](Cc1ccccc1)[C@@H](O)CSc1ccccc1C(=O)NC(C)(C)C. The molecule has 9 heteroatoms. The second kappa shape index (κ2) is 15.9. The van der Waals surface area contributed by atoms with E-state index in [-0.39, 0.29) is 29.2 Å². The van der Waals surface area contributed by atoms with Crippen molar-refractivity contribution in [2.75, 3.05) is 5.75 Å². The van der Waals surface area contributed by atoms with Crippen LogP contribution in [0.1, 0.15) is 67.4 Å². The molecule has 1 heterocycles. The van der Waals surface area contributed by atoms with Crippen LogP contribution in [-0.2, 0) is 11.2 Å². The molecule has 4 rings (SSSR count). The van der Waals surface area contributed by atoms with Crippen molar-refractivity contribution in [1.29, 1.82) is 0 Å². The number of aliphatic hydroxyl groups is 1. The third kappa shape index (κ3) is 9.64. The molecule has 0 saturated carbocycles. The molecule has 0 aliphatic rings. The van der Waals surface area contributed by atoms with Crippen molar-refractivity contribution >= 4 is 40.4 Å². The topological polar surface area (TPSA) is 120 Å². The van der Waals surface area contributed by atoms with E-state index < -0.39 is 29.6 Å². The second-order valence-electron chi connectivity index (χ2n) is 12.6. The van der Waals surface area contributed by atoms with Gasteiger partial charge in [0.05, 0.1) is 23.2 Å². The number of carbonyl (C=O) groups excluding carboxylic acids is 3. The predicted molar refractivity (Wildman–Crippen MR) is 185 cm³/mol. The molecular weight excluding hydrogens is 596 g/mol. The largest absolute Gasteiger partial charge is 0.390 e. The van der Waals surface area contributed by atoms with E-state index in [0.29, 0.717) is 23.9 Å². The highest BCUT2D eigenvalue weighted by Gasteiger charge is 2.31. The van der Waals surface area contributed by atoms with Crippen LogP contribution >= 0.6 is 11.8 Å². The zero-order valence-corrected chi connectivity index (χ0v) is 27.9. The number of pyridine rings is 1. The lowest BCUT2D eigenvalue weighted by Gasteiger charge is -2.29. The fourth-order valence-corrected chi connectivity index (χ4v) is 6.09. The van der Waals surface area contributed by atoms with Gasteiger partial charge in [0.15, 0.2) is 0 Å². The lowest BCUT2D eigenvalue weighted by molar-refractivity contribution is -0.125. The highest BCUT2D eigenvalue weighted by Crippen LogP contribution is 2.25. The Bertz CT molecular complexity index is 1640. The Morgan fingerprint density at radius 1 is 0.848 bits per heavy atom. The van der Waals surface area contributed by atoms with Crippen molar-refractivity contribution in [1.82, 2.24) is 20.9 Å². The van der Waals surface area contributed by atoms with E-state index in [1.54, 1.807) is 12.1 Å². The number of aliphatic hydroxyl groups excluding tert-OH is 1. The Hall–Kier alpha value is -4.21. The first-order valence-corrected chi connectivity index (χ1v) is 16.7. The molecule has 0 fully saturated rings. The lowest BCUT2D eigenvalue weighted by atomic mass is 9.96. The standard InChI is InChI=1S/C37H44N4O4S/c1-6-24(2)33(40-35(44)29-21-20-26-16-10-12-18-28(26)38-29)36(45)39-30(22-25-14-8-7-9-15-25)31(42)23-46-32-19-13-11-17-27(32)34(43)41-37(3,4)5/h7-21,24,30-31,33,42H,6,22-23H2,1-5H3,(H,39,45)(H,40,44)(H,41,43)/t24?,30-,31-,33-/m0/s1. The molecule has 0 saturated heterocycles. The average molecular weight is 641 g/mol. The fourth-order valence-electron chi connectivity index (χ4n) is 5.01. The van der Waals surface area contributed by atoms with E-state index >= 15 is 0 Å². The van der Waals surface area contributed by atoms with Gasteiger partial charge in [-0.2, -0.15) is 0 Å². The number of benzene rings is 3. The van der Waals surface area contributed by atoms with Gasteiger partial charge in [0, 0.05) is 21.6 Å². The Kier molecular flexibility index (Phi) is 12.0. The molecule has 4 aromatic rings. The summed E-state index contributed by atoms with van der Waals surface area (Å²) in [4.78, 5) is 45.4. The fraction of sp³-hybridized carbons (Fsp3) is 0.351. The van der Waals surface area contributed by atoms with Crippen LogP contribution in [0.2, 0.25) is 0 Å². The minimum Gasteiger partial charge on any atom is -0.390 e. The van der Waals surface area contributed by atoms with Crippen molar-refractivity contribution in [3.8, 4) is 0 Å². The van der Waals surface area contributed by atoms with Crippen molar-refractivity contribution in [2.45, 2.75) is 76.1 Å². The molecule has 4 N–H and O–H groups in total. The van der Waals surface area contributed by atoms with Crippen LogP contribution < -0.4 is 16.0 Å². The second-order valence-corrected chi connectivity index (χ2v) is 13.7. The molecular formula is C37H44N4O4S. The summed E-state index contributed by atoms with van der Waals surface area (Å²) in [7, 11) is 0. The molecule has 46 heavy (non-hydrogen) atoms. The predicted octanol–water partition coefficient (Wildman–Crippen LogP) is 5.79. The Labute approximate surface area is 275 Å². The Balaban J connectivity index is 1.52. The first kappa shape index (κ1) is 34.7. The lowest BCUT2D eigenvalue weighted by Crippen LogP contribution is -2.55. The maximum atomic E-state index is 13.9. The summed E-state index contributed by atoms with van der Waals surface area (Å²) in [5.74, 6) is -0.946. The number of nitrogens with zero attached hydrogens (tertiary/aromatic N) is 1. The van der Waals surface area contributed by atoms with E-state index in [1.165, 1.54) is 11.8 Å². The number of carbonyl (C=O) groups is 3. The highest BCUT2D eigenvalue weighted by molar-refractivity contribution is 7.99. The van der Waals surface area contributed by atoms with Crippen molar-refractivity contribution in [3.63, 3.8) is 0 Å². The summed E-state index contributed by atoms with van der Waals surface area (Å²) in [6.45, 7) is 9.65.